The molecule has 128 valence electrons. The molecule has 8 heteroatoms. The first-order chi connectivity index (χ1) is 12.0. The summed E-state index contributed by atoms with van der Waals surface area (Å²) in [7, 11) is 0. The van der Waals surface area contributed by atoms with Crippen molar-refractivity contribution in [3.8, 4) is 11.3 Å². The van der Waals surface area contributed by atoms with E-state index in [1.54, 1.807) is 6.92 Å². The summed E-state index contributed by atoms with van der Waals surface area (Å²) in [6.07, 6.45) is 0.519. The molecule has 0 saturated carbocycles. The Labute approximate surface area is 153 Å². The second kappa shape index (κ2) is 7.54. The molecule has 25 heavy (non-hydrogen) atoms. The highest BCUT2D eigenvalue weighted by Gasteiger charge is 2.11. The van der Waals surface area contributed by atoms with Crippen LogP contribution in [0.15, 0.2) is 40.5 Å². The number of anilines is 1. The van der Waals surface area contributed by atoms with Gasteiger partial charge < -0.3 is 10.3 Å². The highest BCUT2D eigenvalue weighted by Crippen LogP contribution is 2.24. The molecule has 3 N–H and O–H groups in total. The molecule has 0 fully saturated rings. The van der Waals surface area contributed by atoms with Crippen molar-refractivity contribution in [2.75, 3.05) is 5.32 Å². The number of rotatable bonds is 5. The number of carbonyl (C=O) groups is 1. The van der Waals surface area contributed by atoms with Crippen LogP contribution in [0.4, 0.5) is 5.13 Å². The van der Waals surface area contributed by atoms with Crippen molar-refractivity contribution < 1.29 is 4.79 Å². The number of aryl methyl sites for hydroxylation is 1. The first-order valence-corrected chi connectivity index (χ1v) is 8.94. The van der Waals surface area contributed by atoms with E-state index in [1.165, 1.54) is 11.3 Å². The van der Waals surface area contributed by atoms with Gasteiger partial charge in [-0.1, -0.05) is 30.3 Å². The fourth-order valence-electron chi connectivity index (χ4n) is 2.42. The van der Waals surface area contributed by atoms with Crippen LogP contribution in [0, 0.1) is 11.7 Å². The smallest absolute Gasteiger partial charge is 0.255 e. The number of aromatic amines is 2. The van der Waals surface area contributed by atoms with Gasteiger partial charge >= 0.3 is 0 Å². The molecule has 0 radical (unpaired) electrons. The number of nitrogens with zero attached hydrogens (tertiary/aromatic N) is 1. The molecular formula is C17H16N4O2S2. The number of hydrogen-bond donors (Lipinski definition) is 3. The standard InChI is InChI=1S/C17H16N4O2S2/c1-10-12(15(23)21-16(24)18-10)7-8-14(22)20-17-19-13(9-25-17)11-5-3-2-4-6-11/h2-6,9H,7-8H2,1H3,(H,19,20,22)(H2,18,21,23,24). The van der Waals surface area contributed by atoms with Crippen LogP contribution in [0.25, 0.3) is 11.3 Å². The van der Waals surface area contributed by atoms with Gasteiger partial charge in [-0.25, -0.2) is 4.98 Å². The van der Waals surface area contributed by atoms with Gasteiger partial charge in [0.05, 0.1) is 5.69 Å². The molecular weight excluding hydrogens is 356 g/mol. The quantitative estimate of drug-likeness (QED) is 0.599. The fourth-order valence-corrected chi connectivity index (χ4v) is 3.40. The Kier molecular flexibility index (Phi) is 5.20. The van der Waals surface area contributed by atoms with Crippen LogP contribution < -0.4 is 10.9 Å². The van der Waals surface area contributed by atoms with E-state index in [-0.39, 0.29) is 22.7 Å². The van der Waals surface area contributed by atoms with Gasteiger partial charge in [-0.05, 0) is 25.6 Å². The Morgan fingerprint density at radius 3 is 2.76 bits per heavy atom. The topological polar surface area (TPSA) is 90.6 Å². The van der Waals surface area contributed by atoms with Gasteiger partial charge in [0.1, 0.15) is 0 Å². The van der Waals surface area contributed by atoms with Gasteiger partial charge in [0.2, 0.25) is 5.91 Å². The maximum atomic E-state index is 12.1. The molecule has 0 atom stereocenters. The molecule has 0 aliphatic carbocycles. The van der Waals surface area contributed by atoms with Crippen molar-refractivity contribution in [3.05, 3.63) is 62.1 Å². The Bertz CT molecular complexity index is 1010. The maximum absolute atomic E-state index is 12.1. The predicted molar refractivity (Wildman–Crippen MR) is 101 cm³/mol. The summed E-state index contributed by atoms with van der Waals surface area (Å²) in [6, 6.07) is 9.76. The van der Waals surface area contributed by atoms with Crippen molar-refractivity contribution in [2.45, 2.75) is 19.8 Å². The minimum Gasteiger partial charge on any atom is -0.336 e. The van der Waals surface area contributed by atoms with E-state index in [1.807, 2.05) is 35.7 Å². The van der Waals surface area contributed by atoms with Crippen LogP contribution in [-0.2, 0) is 11.2 Å². The molecule has 0 unspecified atom stereocenters. The number of thiazole rings is 1. The van der Waals surface area contributed by atoms with Crippen molar-refractivity contribution in [2.24, 2.45) is 0 Å². The molecule has 0 aliphatic rings. The van der Waals surface area contributed by atoms with Gasteiger partial charge in [-0.3, -0.25) is 14.6 Å². The average Bonchev–Trinajstić information content (AvgIpc) is 3.03. The molecule has 0 bridgehead atoms. The van der Waals surface area contributed by atoms with Gasteiger partial charge in [0.15, 0.2) is 9.90 Å². The normalized spacial score (nSPS) is 10.6. The predicted octanol–water partition coefficient (Wildman–Crippen LogP) is 3.44. The number of aromatic nitrogens is 3. The monoisotopic (exact) mass is 372 g/mol. The van der Waals surface area contributed by atoms with E-state index in [9.17, 15) is 9.59 Å². The molecule has 1 amide bonds. The molecule has 0 saturated heterocycles. The summed E-state index contributed by atoms with van der Waals surface area (Å²) in [6.45, 7) is 1.77. The van der Waals surface area contributed by atoms with Gasteiger partial charge in [0.25, 0.3) is 5.56 Å². The lowest BCUT2D eigenvalue weighted by Gasteiger charge is -2.04. The van der Waals surface area contributed by atoms with E-state index in [0.717, 1.165) is 11.3 Å². The number of amides is 1. The Morgan fingerprint density at radius 1 is 1.28 bits per heavy atom. The van der Waals surface area contributed by atoms with E-state index >= 15 is 0 Å². The Morgan fingerprint density at radius 2 is 2.04 bits per heavy atom. The summed E-state index contributed by atoms with van der Waals surface area (Å²) in [5.41, 5.74) is 2.79. The van der Waals surface area contributed by atoms with Crippen molar-refractivity contribution >= 4 is 34.6 Å². The third-order valence-corrected chi connectivity index (χ3v) is 4.64. The highest BCUT2D eigenvalue weighted by molar-refractivity contribution is 7.71. The molecule has 2 heterocycles. The molecule has 1 aromatic carbocycles. The molecule has 0 spiro atoms. The van der Waals surface area contributed by atoms with E-state index < -0.39 is 0 Å². The van der Waals surface area contributed by atoms with Gasteiger partial charge in [-0.2, -0.15) is 0 Å². The number of H-pyrrole nitrogens is 2. The summed E-state index contributed by atoms with van der Waals surface area (Å²) < 4.78 is 0.284. The molecule has 2 aromatic heterocycles. The number of benzene rings is 1. The number of hydrogen-bond acceptors (Lipinski definition) is 5. The van der Waals surface area contributed by atoms with Crippen molar-refractivity contribution in [1.29, 1.82) is 0 Å². The van der Waals surface area contributed by atoms with Gasteiger partial charge in [-0.15, -0.1) is 11.3 Å². The third-order valence-electron chi connectivity index (χ3n) is 3.68. The average molecular weight is 372 g/mol. The minimum absolute atomic E-state index is 0.185. The zero-order chi connectivity index (χ0) is 17.8. The van der Waals surface area contributed by atoms with Crippen LogP contribution in [0.3, 0.4) is 0 Å². The van der Waals surface area contributed by atoms with E-state index in [4.69, 9.17) is 12.2 Å². The third kappa shape index (κ3) is 4.28. The zero-order valence-corrected chi connectivity index (χ0v) is 15.1. The summed E-state index contributed by atoms with van der Waals surface area (Å²) >= 11 is 6.29. The second-order valence-corrected chi connectivity index (χ2v) is 6.73. The SMILES string of the molecule is Cc1[nH]c(=S)[nH]c(=O)c1CCC(=O)Nc1nc(-c2ccccc2)cs1. The van der Waals surface area contributed by atoms with Crippen molar-refractivity contribution in [3.63, 3.8) is 0 Å². The van der Waals surface area contributed by atoms with Crippen LogP contribution in [0.2, 0.25) is 0 Å². The van der Waals surface area contributed by atoms with Gasteiger partial charge in [0, 0.05) is 28.6 Å². The highest BCUT2D eigenvalue weighted by atomic mass is 32.1. The first kappa shape index (κ1) is 17.2. The summed E-state index contributed by atoms with van der Waals surface area (Å²) in [5, 5.41) is 5.22. The lowest BCUT2D eigenvalue weighted by molar-refractivity contribution is -0.116. The number of nitrogens with one attached hydrogen (secondary N) is 3. The lowest BCUT2D eigenvalue weighted by Crippen LogP contribution is -2.19. The van der Waals surface area contributed by atoms with E-state index in [2.05, 4.69) is 20.3 Å². The minimum atomic E-state index is -0.255. The molecule has 0 aliphatic heterocycles. The second-order valence-electron chi connectivity index (χ2n) is 5.46. The van der Waals surface area contributed by atoms with Crippen LogP contribution in [-0.4, -0.2) is 20.9 Å². The zero-order valence-electron chi connectivity index (χ0n) is 13.5. The summed E-state index contributed by atoms with van der Waals surface area (Å²) in [5.74, 6) is -0.185. The fraction of sp³-hybridized carbons (Fsp3) is 0.176. The molecule has 3 rings (SSSR count). The number of carbonyl (C=O) groups excluding carboxylic acids is 1. The first-order valence-electron chi connectivity index (χ1n) is 7.66. The Balaban J connectivity index is 1.63. The molecule has 3 aromatic rings. The molecule has 6 nitrogen and oxygen atoms in total. The van der Waals surface area contributed by atoms with Crippen LogP contribution in [0.1, 0.15) is 17.7 Å². The van der Waals surface area contributed by atoms with Crippen LogP contribution >= 0.6 is 23.6 Å². The Hall–Kier alpha value is -2.58. The largest absolute Gasteiger partial charge is 0.336 e. The van der Waals surface area contributed by atoms with Crippen LogP contribution in [0.5, 0.6) is 0 Å². The van der Waals surface area contributed by atoms with E-state index in [0.29, 0.717) is 22.8 Å². The summed E-state index contributed by atoms with van der Waals surface area (Å²) in [4.78, 5) is 33.9. The van der Waals surface area contributed by atoms with Crippen molar-refractivity contribution in [1.82, 2.24) is 15.0 Å². The maximum Gasteiger partial charge on any atom is 0.255 e. The lowest BCUT2D eigenvalue weighted by atomic mass is 10.1.